The molecule has 0 aromatic carbocycles. The van der Waals surface area contributed by atoms with Gasteiger partial charge in [-0.2, -0.15) is 0 Å². The summed E-state index contributed by atoms with van der Waals surface area (Å²) in [6, 6.07) is 0. The van der Waals surface area contributed by atoms with Gasteiger partial charge in [0.2, 0.25) is 0 Å². The molecule has 3 heterocycles. The minimum Gasteiger partial charge on any atom is -0.396 e. The van der Waals surface area contributed by atoms with Crippen LogP contribution in [0.2, 0.25) is 0 Å². The first-order valence-corrected chi connectivity index (χ1v) is 8.04. The number of aliphatic hydroxyl groups excluding tert-OH is 1. The molecule has 20 heavy (non-hydrogen) atoms. The lowest BCUT2D eigenvalue weighted by molar-refractivity contribution is 0.181. The van der Waals surface area contributed by atoms with Crippen molar-refractivity contribution in [2.24, 2.45) is 11.8 Å². The van der Waals surface area contributed by atoms with Crippen molar-refractivity contribution in [1.82, 2.24) is 19.7 Å². The standard InChI is InChI=1S/C15H26N4O/c1-2-18-7-5-12(6-8-18)9-15-17-16-14-4-3-13(11-20)10-19(14)15/h12-13,20H,2-11H2,1H3. The molecule has 2 aliphatic heterocycles. The molecule has 0 spiro atoms. The van der Waals surface area contributed by atoms with Crippen LogP contribution in [-0.4, -0.2) is 51.0 Å². The van der Waals surface area contributed by atoms with E-state index in [0.29, 0.717) is 5.92 Å². The molecule has 5 heteroatoms. The second kappa shape index (κ2) is 6.22. The Morgan fingerprint density at radius 2 is 1.95 bits per heavy atom. The SMILES string of the molecule is CCN1CCC(Cc2nnc3n2CC(CO)CC3)CC1. The number of likely N-dealkylation sites (tertiary alicyclic amines) is 1. The van der Waals surface area contributed by atoms with E-state index in [1.807, 2.05) is 0 Å². The summed E-state index contributed by atoms with van der Waals surface area (Å²) in [5.74, 6) is 3.41. The molecule has 0 bridgehead atoms. The molecule has 0 amide bonds. The molecule has 2 aliphatic rings. The zero-order valence-electron chi connectivity index (χ0n) is 12.5. The van der Waals surface area contributed by atoms with Crippen LogP contribution in [0.1, 0.15) is 37.8 Å². The average molecular weight is 278 g/mol. The van der Waals surface area contributed by atoms with Crippen molar-refractivity contribution in [3.63, 3.8) is 0 Å². The van der Waals surface area contributed by atoms with Crippen molar-refractivity contribution >= 4 is 0 Å². The highest BCUT2D eigenvalue weighted by Crippen LogP contribution is 2.24. The Morgan fingerprint density at radius 3 is 2.65 bits per heavy atom. The fraction of sp³-hybridized carbons (Fsp3) is 0.867. The minimum atomic E-state index is 0.284. The van der Waals surface area contributed by atoms with Crippen LogP contribution in [-0.2, 0) is 19.4 Å². The van der Waals surface area contributed by atoms with Crippen LogP contribution in [0.3, 0.4) is 0 Å². The third kappa shape index (κ3) is 2.88. The van der Waals surface area contributed by atoms with Gasteiger partial charge < -0.3 is 14.6 Å². The van der Waals surface area contributed by atoms with Crippen LogP contribution in [0.5, 0.6) is 0 Å². The van der Waals surface area contributed by atoms with Gasteiger partial charge in [0.15, 0.2) is 0 Å². The largest absolute Gasteiger partial charge is 0.396 e. The maximum Gasteiger partial charge on any atom is 0.133 e. The molecule has 112 valence electrons. The molecule has 1 saturated heterocycles. The zero-order chi connectivity index (χ0) is 13.9. The fourth-order valence-electron chi connectivity index (χ4n) is 3.52. The Labute approximate surface area is 121 Å². The number of hydrogen-bond acceptors (Lipinski definition) is 4. The first-order chi connectivity index (χ1) is 9.80. The molecule has 3 rings (SSSR count). The van der Waals surface area contributed by atoms with Crippen LogP contribution < -0.4 is 0 Å². The second-order valence-corrected chi connectivity index (χ2v) is 6.31. The number of aryl methyl sites for hydroxylation is 1. The summed E-state index contributed by atoms with van der Waals surface area (Å²) < 4.78 is 2.27. The van der Waals surface area contributed by atoms with Gasteiger partial charge in [-0.05, 0) is 44.8 Å². The number of aromatic nitrogens is 3. The molecule has 1 unspecified atom stereocenters. The Kier molecular flexibility index (Phi) is 4.36. The summed E-state index contributed by atoms with van der Waals surface area (Å²) in [6.45, 7) is 7.05. The number of hydrogen-bond donors (Lipinski definition) is 1. The number of fused-ring (bicyclic) bond motifs is 1. The Balaban J connectivity index is 1.63. The Morgan fingerprint density at radius 1 is 1.15 bits per heavy atom. The van der Waals surface area contributed by atoms with Crippen molar-refractivity contribution in [2.45, 2.75) is 45.6 Å². The van der Waals surface area contributed by atoms with Crippen LogP contribution in [0.15, 0.2) is 0 Å². The molecular weight excluding hydrogens is 252 g/mol. The van der Waals surface area contributed by atoms with Gasteiger partial charge in [-0.15, -0.1) is 10.2 Å². The molecule has 1 fully saturated rings. The third-order valence-corrected chi connectivity index (χ3v) is 5.00. The van der Waals surface area contributed by atoms with E-state index in [-0.39, 0.29) is 6.61 Å². The zero-order valence-corrected chi connectivity index (χ0v) is 12.5. The van der Waals surface area contributed by atoms with Gasteiger partial charge in [-0.3, -0.25) is 0 Å². The van der Waals surface area contributed by atoms with E-state index in [0.717, 1.165) is 43.4 Å². The Bertz CT molecular complexity index is 437. The van der Waals surface area contributed by atoms with Gasteiger partial charge in [-0.1, -0.05) is 6.92 Å². The van der Waals surface area contributed by atoms with Gasteiger partial charge >= 0.3 is 0 Å². The predicted molar refractivity (Wildman–Crippen MR) is 77.5 cm³/mol. The summed E-state index contributed by atoms with van der Waals surface area (Å²) in [5.41, 5.74) is 0. The van der Waals surface area contributed by atoms with E-state index in [1.54, 1.807) is 0 Å². The maximum atomic E-state index is 9.36. The quantitative estimate of drug-likeness (QED) is 0.896. The molecule has 1 atom stereocenters. The van der Waals surface area contributed by atoms with E-state index < -0.39 is 0 Å². The summed E-state index contributed by atoms with van der Waals surface area (Å²) in [5, 5.41) is 18.1. The van der Waals surface area contributed by atoms with E-state index >= 15 is 0 Å². The normalized spacial score (nSPS) is 24.8. The van der Waals surface area contributed by atoms with Crippen LogP contribution >= 0.6 is 0 Å². The molecular formula is C15H26N4O. The van der Waals surface area contributed by atoms with E-state index in [9.17, 15) is 5.11 Å². The first kappa shape index (κ1) is 14.0. The van der Waals surface area contributed by atoms with E-state index in [4.69, 9.17) is 0 Å². The molecule has 0 saturated carbocycles. The van der Waals surface area contributed by atoms with Gasteiger partial charge in [-0.25, -0.2) is 0 Å². The first-order valence-electron chi connectivity index (χ1n) is 8.04. The molecule has 0 radical (unpaired) electrons. The highest BCUT2D eigenvalue weighted by atomic mass is 16.3. The van der Waals surface area contributed by atoms with Crippen molar-refractivity contribution < 1.29 is 5.11 Å². The van der Waals surface area contributed by atoms with Gasteiger partial charge in [0.05, 0.1) is 0 Å². The lowest BCUT2D eigenvalue weighted by atomic mass is 9.93. The number of nitrogens with zero attached hydrogens (tertiary/aromatic N) is 4. The topological polar surface area (TPSA) is 54.2 Å². The number of rotatable bonds is 4. The third-order valence-electron chi connectivity index (χ3n) is 5.00. The van der Waals surface area contributed by atoms with Crippen molar-refractivity contribution in [2.75, 3.05) is 26.2 Å². The maximum absolute atomic E-state index is 9.36. The summed E-state index contributed by atoms with van der Waals surface area (Å²) in [6.07, 6.45) is 5.62. The highest BCUT2D eigenvalue weighted by molar-refractivity contribution is 5.01. The van der Waals surface area contributed by atoms with Crippen molar-refractivity contribution in [1.29, 1.82) is 0 Å². The summed E-state index contributed by atoms with van der Waals surface area (Å²) in [7, 11) is 0. The molecule has 1 aromatic heterocycles. The number of aliphatic hydroxyl groups is 1. The van der Waals surface area contributed by atoms with E-state index in [1.165, 1.54) is 32.5 Å². The smallest absolute Gasteiger partial charge is 0.133 e. The Hall–Kier alpha value is -0.940. The van der Waals surface area contributed by atoms with E-state index in [2.05, 4.69) is 26.6 Å². The summed E-state index contributed by atoms with van der Waals surface area (Å²) >= 11 is 0. The average Bonchev–Trinajstić information content (AvgIpc) is 2.90. The molecule has 5 nitrogen and oxygen atoms in total. The monoisotopic (exact) mass is 278 g/mol. The van der Waals surface area contributed by atoms with Crippen LogP contribution in [0, 0.1) is 11.8 Å². The lowest BCUT2D eigenvalue weighted by Gasteiger charge is -2.31. The van der Waals surface area contributed by atoms with Gasteiger partial charge in [0.25, 0.3) is 0 Å². The highest BCUT2D eigenvalue weighted by Gasteiger charge is 2.25. The van der Waals surface area contributed by atoms with Gasteiger partial charge in [0.1, 0.15) is 11.6 Å². The molecule has 0 aliphatic carbocycles. The van der Waals surface area contributed by atoms with Crippen molar-refractivity contribution in [3.05, 3.63) is 11.6 Å². The predicted octanol–water partition coefficient (Wildman–Crippen LogP) is 1.11. The van der Waals surface area contributed by atoms with Crippen LogP contribution in [0.4, 0.5) is 0 Å². The van der Waals surface area contributed by atoms with Crippen LogP contribution in [0.25, 0.3) is 0 Å². The molecule has 1 N–H and O–H groups in total. The minimum absolute atomic E-state index is 0.284. The summed E-state index contributed by atoms with van der Waals surface area (Å²) in [4.78, 5) is 2.53. The number of piperidine rings is 1. The van der Waals surface area contributed by atoms with Crippen molar-refractivity contribution in [3.8, 4) is 0 Å². The second-order valence-electron chi connectivity index (χ2n) is 6.31. The van der Waals surface area contributed by atoms with Gasteiger partial charge in [0, 0.05) is 31.9 Å². The lowest BCUT2D eigenvalue weighted by Crippen LogP contribution is -2.34. The molecule has 1 aromatic rings. The fourth-order valence-corrected chi connectivity index (χ4v) is 3.52.